The summed E-state index contributed by atoms with van der Waals surface area (Å²) in [7, 11) is 0. The first-order chi connectivity index (χ1) is 6.56. The van der Waals surface area contributed by atoms with Gasteiger partial charge >= 0.3 is 5.97 Å². The number of carboxylic acid groups (broad SMARTS) is 1. The highest BCUT2D eigenvalue weighted by Crippen LogP contribution is 2.23. The van der Waals surface area contributed by atoms with Crippen LogP contribution < -0.4 is 0 Å². The molecule has 0 saturated heterocycles. The Labute approximate surface area is 79.3 Å². The third-order valence-corrected chi connectivity index (χ3v) is 1.94. The first-order valence-corrected chi connectivity index (χ1v) is 3.92. The molecule has 5 heteroatoms. The van der Waals surface area contributed by atoms with Gasteiger partial charge in [-0.2, -0.15) is 0 Å². The van der Waals surface area contributed by atoms with Gasteiger partial charge in [-0.1, -0.05) is 6.07 Å². The van der Waals surface area contributed by atoms with E-state index in [0.29, 0.717) is 5.56 Å². The summed E-state index contributed by atoms with van der Waals surface area (Å²) in [6, 6.07) is 3.55. The molecule has 4 nitrogen and oxygen atoms in total. The van der Waals surface area contributed by atoms with E-state index in [9.17, 15) is 14.1 Å². The predicted octanol–water partition coefficient (Wildman–Crippen LogP) is 2.41. The number of carboxylic acids is 1. The molecule has 1 rings (SSSR count). The minimum atomic E-state index is -1.05. The van der Waals surface area contributed by atoms with Crippen LogP contribution in [0.1, 0.15) is 18.4 Å². The Balaban J connectivity index is 3.08. The fourth-order valence-corrected chi connectivity index (χ4v) is 1.01. The van der Waals surface area contributed by atoms with Crippen molar-refractivity contribution in [1.82, 2.24) is 0 Å². The molecule has 0 radical (unpaired) electrons. The van der Waals surface area contributed by atoms with Gasteiger partial charge in [0.1, 0.15) is 5.69 Å². The lowest BCUT2D eigenvalue weighted by molar-refractivity contribution is -0.138. The minimum absolute atomic E-state index is 0.308. The summed E-state index contributed by atoms with van der Waals surface area (Å²) in [5, 5.41) is 11.1. The highest BCUT2D eigenvalue weighted by molar-refractivity contribution is 5.75. The number of hydrogen-bond acceptors (Lipinski definition) is 3. The fraction of sp³-hybridized carbons (Fsp3) is 0.222. The van der Waals surface area contributed by atoms with Gasteiger partial charge in [0, 0.05) is 0 Å². The molecule has 0 amide bonds. The Bertz CT molecular complexity index is 378. The number of aliphatic carboxylic acids is 1. The average Bonchev–Trinajstić information content (AvgIpc) is 2.16. The lowest BCUT2D eigenvalue weighted by atomic mass is 10.0. The molecule has 1 unspecified atom stereocenters. The Kier molecular flexibility index (Phi) is 2.91. The van der Waals surface area contributed by atoms with Gasteiger partial charge in [-0.15, -0.1) is 4.91 Å². The van der Waals surface area contributed by atoms with E-state index in [2.05, 4.69) is 5.18 Å². The van der Waals surface area contributed by atoms with Crippen LogP contribution in [0.15, 0.2) is 23.4 Å². The van der Waals surface area contributed by atoms with Gasteiger partial charge in [-0.3, -0.25) is 4.79 Å². The number of halogens is 1. The van der Waals surface area contributed by atoms with Crippen molar-refractivity contribution in [2.75, 3.05) is 0 Å². The Morgan fingerprint density at radius 3 is 2.64 bits per heavy atom. The van der Waals surface area contributed by atoms with Crippen molar-refractivity contribution in [2.24, 2.45) is 5.18 Å². The molecule has 0 saturated carbocycles. The van der Waals surface area contributed by atoms with Gasteiger partial charge in [0.15, 0.2) is 5.82 Å². The molecule has 0 aliphatic carbocycles. The second kappa shape index (κ2) is 3.95. The van der Waals surface area contributed by atoms with Gasteiger partial charge in [0.05, 0.1) is 5.92 Å². The molecule has 0 aliphatic rings. The zero-order valence-electron chi connectivity index (χ0n) is 7.40. The summed E-state index contributed by atoms with van der Waals surface area (Å²) in [4.78, 5) is 20.6. The molecule has 1 N–H and O–H groups in total. The van der Waals surface area contributed by atoms with Gasteiger partial charge < -0.3 is 5.11 Å². The normalized spacial score (nSPS) is 12.1. The average molecular weight is 197 g/mol. The zero-order chi connectivity index (χ0) is 10.7. The van der Waals surface area contributed by atoms with Crippen LogP contribution in [0, 0.1) is 10.7 Å². The van der Waals surface area contributed by atoms with Crippen molar-refractivity contribution in [3.05, 3.63) is 34.5 Å². The zero-order valence-corrected chi connectivity index (χ0v) is 7.40. The Morgan fingerprint density at radius 2 is 2.21 bits per heavy atom. The molecule has 0 heterocycles. The lowest BCUT2D eigenvalue weighted by Gasteiger charge is -2.06. The first-order valence-electron chi connectivity index (χ1n) is 3.92. The van der Waals surface area contributed by atoms with Crippen LogP contribution >= 0.6 is 0 Å². The standard InChI is InChI=1S/C9H8FNO3/c1-5(9(12)13)6-2-3-8(11-14)7(10)4-6/h2-5H,1H3,(H,12,13). The lowest BCUT2D eigenvalue weighted by Crippen LogP contribution is -2.07. The van der Waals surface area contributed by atoms with Crippen molar-refractivity contribution in [3.8, 4) is 0 Å². The number of hydrogen-bond donors (Lipinski definition) is 1. The van der Waals surface area contributed by atoms with Crippen molar-refractivity contribution >= 4 is 11.7 Å². The predicted molar refractivity (Wildman–Crippen MR) is 47.9 cm³/mol. The SMILES string of the molecule is CC(C(=O)O)c1ccc(N=O)c(F)c1. The van der Waals surface area contributed by atoms with E-state index in [-0.39, 0.29) is 5.69 Å². The topological polar surface area (TPSA) is 66.7 Å². The van der Waals surface area contributed by atoms with Crippen molar-refractivity contribution in [2.45, 2.75) is 12.8 Å². The van der Waals surface area contributed by atoms with E-state index < -0.39 is 17.7 Å². The molecule has 1 atom stereocenters. The maximum atomic E-state index is 13.0. The quantitative estimate of drug-likeness (QED) is 0.756. The van der Waals surface area contributed by atoms with E-state index in [1.54, 1.807) is 0 Å². The number of nitroso groups, excluding NO2 is 1. The molecule has 74 valence electrons. The van der Waals surface area contributed by atoms with Crippen LogP contribution in [-0.2, 0) is 4.79 Å². The Hall–Kier alpha value is -1.78. The van der Waals surface area contributed by atoms with Gasteiger partial charge in [0.25, 0.3) is 0 Å². The number of nitrogens with zero attached hydrogens (tertiary/aromatic N) is 1. The second-order valence-electron chi connectivity index (χ2n) is 2.86. The highest BCUT2D eigenvalue weighted by Gasteiger charge is 2.15. The van der Waals surface area contributed by atoms with Crippen molar-refractivity contribution < 1.29 is 14.3 Å². The number of rotatable bonds is 3. The summed E-state index contributed by atoms with van der Waals surface area (Å²) in [6.07, 6.45) is 0. The largest absolute Gasteiger partial charge is 0.481 e. The molecule has 1 aromatic rings. The van der Waals surface area contributed by atoms with Crippen LogP contribution in [0.2, 0.25) is 0 Å². The van der Waals surface area contributed by atoms with Crippen LogP contribution in [0.3, 0.4) is 0 Å². The number of benzene rings is 1. The summed E-state index contributed by atoms with van der Waals surface area (Å²) < 4.78 is 13.0. The van der Waals surface area contributed by atoms with E-state index in [1.807, 2.05) is 0 Å². The molecular weight excluding hydrogens is 189 g/mol. The summed E-state index contributed by atoms with van der Waals surface area (Å²) >= 11 is 0. The molecule has 14 heavy (non-hydrogen) atoms. The minimum Gasteiger partial charge on any atom is -0.481 e. The van der Waals surface area contributed by atoms with Gasteiger partial charge in [0.2, 0.25) is 0 Å². The van der Waals surface area contributed by atoms with E-state index in [1.165, 1.54) is 13.0 Å². The van der Waals surface area contributed by atoms with Crippen LogP contribution in [0.25, 0.3) is 0 Å². The van der Waals surface area contributed by atoms with E-state index in [0.717, 1.165) is 12.1 Å². The van der Waals surface area contributed by atoms with Gasteiger partial charge in [-0.05, 0) is 29.8 Å². The third kappa shape index (κ3) is 1.93. The summed E-state index contributed by atoms with van der Waals surface area (Å²) in [5.41, 5.74) is -0.00580. The first kappa shape index (κ1) is 10.3. The second-order valence-corrected chi connectivity index (χ2v) is 2.86. The molecule has 0 spiro atoms. The molecule has 1 aromatic carbocycles. The summed E-state index contributed by atoms with van der Waals surface area (Å²) in [6.45, 7) is 1.44. The van der Waals surface area contributed by atoms with Crippen LogP contribution in [0.4, 0.5) is 10.1 Å². The van der Waals surface area contributed by atoms with E-state index >= 15 is 0 Å². The smallest absolute Gasteiger partial charge is 0.310 e. The fourth-order valence-electron chi connectivity index (χ4n) is 1.01. The molecule has 0 aliphatic heterocycles. The molecule has 0 fully saturated rings. The third-order valence-electron chi connectivity index (χ3n) is 1.94. The highest BCUT2D eigenvalue weighted by atomic mass is 19.1. The monoisotopic (exact) mass is 197 g/mol. The maximum absolute atomic E-state index is 13.0. The van der Waals surface area contributed by atoms with Gasteiger partial charge in [-0.25, -0.2) is 4.39 Å². The van der Waals surface area contributed by atoms with Crippen molar-refractivity contribution in [1.29, 1.82) is 0 Å². The number of carbonyl (C=O) groups is 1. The maximum Gasteiger partial charge on any atom is 0.310 e. The van der Waals surface area contributed by atoms with E-state index in [4.69, 9.17) is 5.11 Å². The summed E-state index contributed by atoms with van der Waals surface area (Å²) in [5.74, 6) is -2.65. The molecule has 0 bridgehead atoms. The van der Waals surface area contributed by atoms with Crippen molar-refractivity contribution in [3.63, 3.8) is 0 Å². The van der Waals surface area contributed by atoms with Crippen LogP contribution in [-0.4, -0.2) is 11.1 Å². The van der Waals surface area contributed by atoms with Crippen LogP contribution in [0.5, 0.6) is 0 Å². The molecule has 0 aromatic heterocycles. The Morgan fingerprint density at radius 1 is 1.57 bits per heavy atom. The molecular formula is C9H8FNO3.